The highest BCUT2D eigenvalue weighted by Gasteiger charge is 2.23. The Morgan fingerprint density at radius 1 is 0.935 bits per heavy atom. The third-order valence-corrected chi connectivity index (χ3v) is 6.71. The fourth-order valence-electron chi connectivity index (χ4n) is 2.55. The van der Waals surface area contributed by atoms with Crippen molar-refractivity contribution in [3.8, 4) is 0 Å². The summed E-state index contributed by atoms with van der Waals surface area (Å²) in [5, 5.41) is 5.57. The molecule has 1 aromatic heterocycles. The molecule has 3 aromatic rings. The maximum absolute atomic E-state index is 12.8. The standard InChI is InChI=1S/C20H17Cl2N3O5S/c1-25(2)31(28,29)18-10-12(5-7-14(18)22)19(26)23-15-8-6-13(21)11-16(15)24-20(27)17-4-3-9-30-17/h3-11H,1-2H3,(H,23,26)(H,24,27). The fourth-order valence-corrected chi connectivity index (χ4v) is 4.12. The zero-order valence-electron chi connectivity index (χ0n) is 16.3. The quantitative estimate of drug-likeness (QED) is 0.544. The molecule has 0 aliphatic heterocycles. The predicted octanol–water partition coefficient (Wildman–Crippen LogP) is 4.34. The lowest BCUT2D eigenvalue weighted by Crippen LogP contribution is -2.23. The van der Waals surface area contributed by atoms with Crippen LogP contribution in [0.3, 0.4) is 0 Å². The van der Waals surface area contributed by atoms with Crippen molar-refractivity contribution in [2.75, 3.05) is 24.7 Å². The van der Waals surface area contributed by atoms with Gasteiger partial charge >= 0.3 is 0 Å². The first-order valence-electron chi connectivity index (χ1n) is 8.77. The van der Waals surface area contributed by atoms with E-state index in [1.54, 1.807) is 6.07 Å². The number of hydrogen-bond acceptors (Lipinski definition) is 5. The van der Waals surface area contributed by atoms with Crippen LogP contribution in [0, 0.1) is 0 Å². The number of sulfonamides is 1. The van der Waals surface area contributed by atoms with Gasteiger partial charge < -0.3 is 15.1 Å². The molecule has 162 valence electrons. The van der Waals surface area contributed by atoms with Crippen LogP contribution in [-0.2, 0) is 10.0 Å². The second-order valence-electron chi connectivity index (χ2n) is 6.51. The van der Waals surface area contributed by atoms with Gasteiger partial charge in [-0.05, 0) is 48.5 Å². The van der Waals surface area contributed by atoms with E-state index in [1.165, 1.54) is 62.8 Å². The molecule has 31 heavy (non-hydrogen) atoms. The van der Waals surface area contributed by atoms with Crippen LogP contribution in [0.1, 0.15) is 20.9 Å². The van der Waals surface area contributed by atoms with E-state index in [0.29, 0.717) is 5.02 Å². The summed E-state index contributed by atoms with van der Waals surface area (Å²) in [6.45, 7) is 0. The first kappa shape index (κ1) is 22.8. The summed E-state index contributed by atoms with van der Waals surface area (Å²) in [5.41, 5.74) is 0.543. The number of benzene rings is 2. The number of furan rings is 1. The minimum Gasteiger partial charge on any atom is -0.459 e. The van der Waals surface area contributed by atoms with E-state index < -0.39 is 21.8 Å². The number of halogens is 2. The molecule has 0 atom stereocenters. The van der Waals surface area contributed by atoms with Gasteiger partial charge in [-0.3, -0.25) is 9.59 Å². The number of rotatable bonds is 6. The van der Waals surface area contributed by atoms with Gasteiger partial charge in [0.2, 0.25) is 10.0 Å². The van der Waals surface area contributed by atoms with Crippen LogP contribution in [0.2, 0.25) is 10.0 Å². The molecule has 0 bridgehead atoms. The lowest BCUT2D eigenvalue weighted by atomic mass is 10.2. The second kappa shape index (κ2) is 9.11. The van der Waals surface area contributed by atoms with Crippen molar-refractivity contribution in [2.45, 2.75) is 4.90 Å². The second-order valence-corrected chi connectivity index (χ2v) is 9.47. The average molecular weight is 482 g/mol. The van der Waals surface area contributed by atoms with Crippen LogP contribution in [0.15, 0.2) is 64.1 Å². The Kier molecular flexibility index (Phi) is 6.71. The third kappa shape index (κ3) is 5.08. The largest absolute Gasteiger partial charge is 0.459 e. The summed E-state index contributed by atoms with van der Waals surface area (Å²) in [4.78, 5) is 24.9. The van der Waals surface area contributed by atoms with Gasteiger partial charge in [-0.15, -0.1) is 0 Å². The summed E-state index contributed by atoms with van der Waals surface area (Å²) >= 11 is 12.1. The van der Waals surface area contributed by atoms with Crippen molar-refractivity contribution < 1.29 is 22.4 Å². The van der Waals surface area contributed by atoms with E-state index in [0.717, 1.165) is 4.31 Å². The normalized spacial score (nSPS) is 11.4. The van der Waals surface area contributed by atoms with E-state index in [1.807, 2.05) is 0 Å². The summed E-state index contributed by atoms with van der Waals surface area (Å²) in [6.07, 6.45) is 1.36. The highest BCUT2D eigenvalue weighted by atomic mass is 35.5. The summed E-state index contributed by atoms with van der Waals surface area (Å²) < 4.78 is 31.0. The zero-order chi connectivity index (χ0) is 22.8. The average Bonchev–Trinajstić information content (AvgIpc) is 3.25. The molecule has 1 heterocycles. The van der Waals surface area contributed by atoms with Gasteiger partial charge in [0.15, 0.2) is 5.76 Å². The topological polar surface area (TPSA) is 109 Å². The minimum absolute atomic E-state index is 0.0110. The van der Waals surface area contributed by atoms with Crippen LogP contribution in [0.4, 0.5) is 11.4 Å². The molecular weight excluding hydrogens is 465 g/mol. The van der Waals surface area contributed by atoms with Crippen molar-refractivity contribution in [3.05, 3.63) is 76.2 Å². The summed E-state index contributed by atoms with van der Waals surface area (Å²) in [7, 11) is -1.13. The summed E-state index contributed by atoms with van der Waals surface area (Å²) in [6, 6.07) is 11.5. The van der Waals surface area contributed by atoms with Crippen LogP contribution < -0.4 is 10.6 Å². The lowest BCUT2D eigenvalue weighted by molar-refractivity contribution is 0.0993. The Bertz CT molecular complexity index is 1240. The maximum Gasteiger partial charge on any atom is 0.291 e. The summed E-state index contributed by atoms with van der Waals surface area (Å²) in [5.74, 6) is -1.06. The van der Waals surface area contributed by atoms with Crippen LogP contribution >= 0.6 is 23.2 Å². The van der Waals surface area contributed by atoms with Gasteiger partial charge in [-0.1, -0.05) is 23.2 Å². The SMILES string of the molecule is CN(C)S(=O)(=O)c1cc(C(=O)Nc2ccc(Cl)cc2NC(=O)c2ccco2)ccc1Cl. The van der Waals surface area contributed by atoms with Gasteiger partial charge in [0.05, 0.1) is 22.7 Å². The molecule has 0 spiro atoms. The monoisotopic (exact) mass is 481 g/mol. The zero-order valence-corrected chi connectivity index (χ0v) is 18.7. The molecule has 0 unspecified atom stereocenters. The first-order valence-corrected chi connectivity index (χ1v) is 11.0. The van der Waals surface area contributed by atoms with E-state index >= 15 is 0 Å². The number of nitrogens with one attached hydrogen (secondary N) is 2. The number of amides is 2. The van der Waals surface area contributed by atoms with Gasteiger partial charge in [-0.2, -0.15) is 0 Å². The smallest absolute Gasteiger partial charge is 0.291 e. The third-order valence-electron chi connectivity index (χ3n) is 4.17. The van der Waals surface area contributed by atoms with Crippen molar-refractivity contribution in [2.24, 2.45) is 0 Å². The van der Waals surface area contributed by atoms with E-state index in [4.69, 9.17) is 27.6 Å². The molecule has 0 saturated heterocycles. The number of carbonyl (C=O) groups is 2. The Hall–Kier alpha value is -2.85. The molecular formula is C20H17Cl2N3O5S. The number of hydrogen-bond donors (Lipinski definition) is 2. The van der Waals surface area contributed by atoms with Crippen molar-refractivity contribution in [1.29, 1.82) is 0 Å². The molecule has 2 N–H and O–H groups in total. The molecule has 3 rings (SSSR count). The Morgan fingerprint density at radius 2 is 1.65 bits per heavy atom. The molecule has 2 aromatic carbocycles. The van der Waals surface area contributed by atoms with Crippen molar-refractivity contribution in [3.63, 3.8) is 0 Å². The Morgan fingerprint density at radius 3 is 2.29 bits per heavy atom. The lowest BCUT2D eigenvalue weighted by Gasteiger charge is -2.15. The Labute approximate surface area is 188 Å². The number of anilines is 2. The molecule has 11 heteroatoms. The van der Waals surface area contributed by atoms with Gasteiger partial charge in [0.25, 0.3) is 11.8 Å². The van der Waals surface area contributed by atoms with Gasteiger partial charge in [-0.25, -0.2) is 12.7 Å². The number of carbonyl (C=O) groups excluding carboxylic acids is 2. The molecule has 0 aliphatic rings. The number of nitrogens with zero attached hydrogens (tertiary/aromatic N) is 1. The van der Waals surface area contributed by atoms with Crippen LogP contribution in [0.5, 0.6) is 0 Å². The maximum atomic E-state index is 12.8. The van der Waals surface area contributed by atoms with E-state index in [-0.39, 0.29) is 32.6 Å². The van der Waals surface area contributed by atoms with Gasteiger partial charge in [0, 0.05) is 24.7 Å². The van der Waals surface area contributed by atoms with Crippen molar-refractivity contribution in [1.82, 2.24) is 4.31 Å². The minimum atomic E-state index is -3.85. The van der Waals surface area contributed by atoms with Gasteiger partial charge in [0.1, 0.15) is 4.90 Å². The van der Waals surface area contributed by atoms with Crippen molar-refractivity contribution >= 4 is 56.4 Å². The fraction of sp³-hybridized carbons (Fsp3) is 0.100. The highest BCUT2D eigenvalue weighted by molar-refractivity contribution is 7.89. The van der Waals surface area contributed by atoms with E-state index in [2.05, 4.69) is 10.6 Å². The Balaban J connectivity index is 1.90. The molecule has 2 amide bonds. The molecule has 0 saturated carbocycles. The molecule has 0 aliphatic carbocycles. The van der Waals surface area contributed by atoms with Crippen LogP contribution in [-0.4, -0.2) is 38.6 Å². The molecule has 0 radical (unpaired) electrons. The highest BCUT2D eigenvalue weighted by Crippen LogP contribution is 2.29. The van der Waals surface area contributed by atoms with E-state index in [9.17, 15) is 18.0 Å². The molecule has 8 nitrogen and oxygen atoms in total. The van der Waals surface area contributed by atoms with Crippen LogP contribution in [0.25, 0.3) is 0 Å². The first-order chi connectivity index (χ1) is 14.6. The predicted molar refractivity (Wildman–Crippen MR) is 118 cm³/mol. The molecule has 0 fully saturated rings.